The van der Waals surface area contributed by atoms with E-state index in [-0.39, 0.29) is 29.0 Å². The topological polar surface area (TPSA) is 67.0 Å². The van der Waals surface area contributed by atoms with Crippen LogP contribution in [0.3, 0.4) is 0 Å². The molecular weight excluding hydrogens is 285 g/mol. The Morgan fingerprint density at radius 3 is 3.14 bits per heavy atom. The number of hydrogen-bond donors (Lipinski definition) is 2. The first kappa shape index (κ1) is 13.7. The molecule has 2 heterocycles. The van der Waals surface area contributed by atoms with Crippen molar-refractivity contribution < 1.29 is 13.9 Å². The summed E-state index contributed by atoms with van der Waals surface area (Å²) in [5, 5.41) is 3.06. The van der Waals surface area contributed by atoms with Crippen LogP contribution in [0.2, 0.25) is 0 Å². The monoisotopic (exact) mass is 303 g/mol. The van der Waals surface area contributed by atoms with Crippen LogP contribution in [0.25, 0.3) is 11.0 Å². The number of rotatable bonds is 2. The van der Waals surface area contributed by atoms with E-state index in [1.165, 1.54) is 18.5 Å². The molecule has 1 saturated carbocycles. The number of aromatic amines is 1. The Morgan fingerprint density at radius 2 is 2.32 bits per heavy atom. The first-order valence-electron chi connectivity index (χ1n) is 7.53. The predicted molar refractivity (Wildman–Crippen MR) is 78.9 cm³/mol. The van der Waals surface area contributed by atoms with Crippen molar-refractivity contribution in [2.75, 3.05) is 6.61 Å². The molecule has 1 saturated heterocycles. The number of nitrogens with one attached hydrogen (secondary N) is 2. The van der Waals surface area contributed by atoms with Crippen molar-refractivity contribution in [3.63, 3.8) is 0 Å². The number of amides is 1. The first-order valence-corrected chi connectivity index (χ1v) is 7.53. The van der Waals surface area contributed by atoms with Crippen LogP contribution in [-0.4, -0.2) is 34.6 Å². The van der Waals surface area contributed by atoms with Crippen molar-refractivity contribution in [2.45, 2.75) is 32.4 Å². The number of carbonyl (C=O) groups is 1. The highest BCUT2D eigenvalue weighted by molar-refractivity contribution is 6.05. The van der Waals surface area contributed by atoms with Crippen LogP contribution < -0.4 is 5.32 Å². The molecule has 5 nitrogen and oxygen atoms in total. The fourth-order valence-electron chi connectivity index (χ4n) is 4.02. The molecule has 2 aromatic rings. The molecule has 2 fully saturated rings. The van der Waals surface area contributed by atoms with E-state index in [0.29, 0.717) is 17.0 Å². The molecule has 1 aliphatic heterocycles. The third kappa shape index (κ3) is 1.80. The van der Waals surface area contributed by atoms with Crippen LogP contribution in [0, 0.1) is 17.2 Å². The molecule has 1 aliphatic carbocycles. The highest BCUT2D eigenvalue weighted by Gasteiger charge is 2.59. The maximum atomic E-state index is 13.7. The number of imidazole rings is 1. The van der Waals surface area contributed by atoms with Gasteiger partial charge >= 0.3 is 0 Å². The lowest BCUT2D eigenvalue weighted by Crippen LogP contribution is -2.66. The zero-order valence-electron chi connectivity index (χ0n) is 12.5. The fourth-order valence-corrected chi connectivity index (χ4v) is 4.02. The normalized spacial score (nSPS) is 29.1. The van der Waals surface area contributed by atoms with Gasteiger partial charge in [-0.15, -0.1) is 0 Å². The Morgan fingerprint density at radius 1 is 1.50 bits per heavy atom. The summed E-state index contributed by atoms with van der Waals surface area (Å²) in [6.45, 7) is 4.94. The van der Waals surface area contributed by atoms with E-state index in [1.807, 2.05) is 0 Å². The van der Waals surface area contributed by atoms with Gasteiger partial charge in [0.05, 0.1) is 23.5 Å². The summed E-state index contributed by atoms with van der Waals surface area (Å²) in [6.07, 6.45) is 2.63. The molecule has 0 unspecified atom stereocenters. The number of fused-ring (bicyclic) bond motifs is 2. The zero-order valence-corrected chi connectivity index (χ0v) is 12.5. The van der Waals surface area contributed by atoms with E-state index in [9.17, 15) is 9.18 Å². The van der Waals surface area contributed by atoms with Crippen molar-refractivity contribution in [3.05, 3.63) is 29.8 Å². The molecule has 1 aromatic heterocycles. The highest BCUT2D eigenvalue weighted by atomic mass is 19.1. The standard InChI is InChI=1S/C16H18FN3O2/c1-16(2)13(9-3-4-22-14(9)16)20-15(21)10-5-8(17)6-11-12(10)19-7-18-11/h5-7,9,13-14H,3-4H2,1-2H3,(H,18,19)(H,20,21)/t9-,13-,14-/m1/s1. The Hall–Kier alpha value is -1.95. The van der Waals surface area contributed by atoms with E-state index >= 15 is 0 Å². The summed E-state index contributed by atoms with van der Waals surface area (Å²) < 4.78 is 19.4. The number of hydrogen-bond acceptors (Lipinski definition) is 3. The number of H-pyrrole nitrogens is 1. The summed E-state index contributed by atoms with van der Waals surface area (Å²) >= 11 is 0. The van der Waals surface area contributed by atoms with Crippen molar-refractivity contribution in [3.8, 4) is 0 Å². The number of halogens is 1. The summed E-state index contributed by atoms with van der Waals surface area (Å²) in [6, 6.07) is 2.63. The summed E-state index contributed by atoms with van der Waals surface area (Å²) in [4.78, 5) is 19.6. The molecule has 1 aromatic carbocycles. The predicted octanol–water partition coefficient (Wildman–Crippen LogP) is 2.25. The lowest BCUT2D eigenvalue weighted by molar-refractivity contribution is -0.108. The first-order chi connectivity index (χ1) is 10.5. The smallest absolute Gasteiger partial charge is 0.253 e. The van der Waals surface area contributed by atoms with Crippen molar-refractivity contribution in [1.82, 2.24) is 15.3 Å². The molecule has 2 N–H and O–H groups in total. The van der Waals surface area contributed by atoms with Crippen LogP contribution >= 0.6 is 0 Å². The fraction of sp³-hybridized carbons (Fsp3) is 0.500. The lowest BCUT2D eigenvalue weighted by atomic mass is 9.57. The highest BCUT2D eigenvalue weighted by Crippen LogP contribution is 2.52. The molecule has 22 heavy (non-hydrogen) atoms. The Bertz CT molecular complexity index is 755. The summed E-state index contributed by atoms with van der Waals surface area (Å²) in [5.74, 6) is -0.376. The van der Waals surface area contributed by atoms with Crippen LogP contribution in [0.5, 0.6) is 0 Å². The molecule has 0 radical (unpaired) electrons. The second kappa shape index (κ2) is 4.52. The van der Waals surface area contributed by atoms with Crippen molar-refractivity contribution in [2.24, 2.45) is 11.3 Å². The number of carbonyl (C=O) groups excluding carboxylic acids is 1. The number of aromatic nitrogens is 2. The molecular formula is C16H18FN3O2. The molecule has 6 heteroatoms. The van der Waals surface area contributed by atoms with Gasteiger partial charge in [-0.3, -0.25) is 4.79 Å². The van der Waals surface area contributed by atoms with Crippen molar-refractivity contribution in [1.29, 1.82) is 0 Å². The average molecular weight is 303 g/mol. The van der Waals surface area contributed by atoms with Gasteiger partial charge in [0.1, 0.15) is 11.3 Å². The second-order valence-corrected chi connectivity index (χ2v) is 6.77. The average Bonchev–Trinajstić information content (AvgIpc) is 3.10. The maximum absolute atomic E-state index is 13.7. The van der Waals surface area contributed by atoms with Gasteiger partial charge in [-0.1, -0.05) is 13.8 Å². The number of ether oxygens (including phenoxy) is 1. The van der Waals surface area contributed by atoms with Crippen LogP contribution in [0.4, 0.5) is 4.39 Å². The molecule has 1 amide bonds. The molecule has 3 atom stereocenters. The van der Waals surface area contributed by atoms with Crippen molar-refractivity contribution >= 4 is 16.9 Å². The van der Waals surface area contributed by atoms with Gasteiger partial charge in [-0.2, -0.15) is 0 Å². The second-order valence-electron chi connectivity index (χ2n) is 6.77. The van der Waals surface area contributed by atoms with Gasteiger partial charge in [0.2, 0.25) is 0 Å². The van der Waals surface area contributed by atoms with Crippen LogP contribution in [0.1, 0.15) is 30.6 Å². The molecule has 2 aliphatic rings. The summed E-state index contributed by atoms with van der Waals surface area (Å²) in [7, 11) is 0. The molecule has 0 bridgehead atoms. The van der Waals surface area contributed by atoms with E-state index < -0.39 is 5.82 Å². The van der Waals surface area contributed by atoms with Gasteiger partial charge in [-0.05, 0) is 18.6 Å². The SMILES string of the molecule is CC1(C)[C@H](NC(=O)c2cc(F)cc3[nH]cnc23)[C@H]2CCO[C@H]21. The Labute approximate surface area is 127 Å². The van der Waals surface area contributed by atoms with Crippen LogP contribution in [0.15, 0.2) is 18.5 Å². The van der Waals surface area contributed by atoms with Gasteiger partial charge in [0.25, 0.3) is 5.91 Å². The number of benzene rings is 1. The Balaban J connectivity index is 1.63. The van der Waals surface area contributed by atoms with Gasteiger partial charge in [-0.25, -0.2) is 9.37 Å². The van der Waals surface area contributed by atoms with E-state index in [4.69, 9.17) is 4.74 Å². The molecule has 0 spiro atoms. The van der Waals surface area contributed by atoms with E-state index in [0.717, 1.165) is 13.0 Å². The van der Waals surface area contributed by atoms with Gasteiger partial charge in [0.15, 0.2) is 0 Å². The number of nitrogens with zero attached hydrogens (tertiary/aromatic N) is 1. The van der Waals surface area contributed by atoms with E-state index in [2.05, 4.69) is 29.1 Å². The van der Waals surface area contributed by atoms with Crippen LogP contribution in [-0.2, 0) is 4.74 Å². The lowest BCUT2D eigenvalue weighted by Gasteiger charge is -2.54. The minimum atomic E-state index is -0.447. The molecule has 4 rings (SSSR count). The largest absolute Gasteiger partial charge is 0.377 e. The van der Waals surface area contributed by atoms with Gasteiger partial charge < -0.3 is 15.0 Å². The maximum Gasteiger partial charge on any atom is 0.253 e. The van der Waals surface area contributed by atoms with E-state index in [1.54, 1.807) is 0 Å². The third-order valence-corrected chi connectivity index (χ3v) is 5.12. The minimum absolute atomic E-state index is 0.0461. The van der Waals surface area contributed by atoms with Gasteiger partial charge in [0, 0.05) is 24.0 Å². The Kier molecular flexibility index (Phi) is 2.81. The third-order valence-electron chi connectivity index (χ3n) is 5.12. The zero-order chi connectivity index (χ0) is 15.5. The minimum Gasteiger partial charge on any atom is -0.377 e. The quantitative estimate of drug-likeness (QED) is 0.894. The summed E-state index contributed by atoms with van der Waals surface area (Å²) in [5.41, 5.74) is 1.19. The molecule has 116 valence electrons.